The molecule has 0 unspecified atom stereocenters. The highest BCUT2D eigenvalue weighted by Crippen LogP contribution is 2.52. The average Bonchev–Trinajstić information content (AvgIpc) is 3.46. The molecule has 3 atom stereocenters. The number of hydrogen-bond donors (Lipinski definition) is 2. The van der Waals surface area contributed by atoms with Gasteiger partial charge in [0.15, 0.2) is 0 Å². The maximum Gasteiger partial charge on any atom is 0.256 e. The van der Waals surface area contributed by atoms with Gasteiger partial charge in [-0.05, 0) is 43.9 Å². The summed E-state index contributed by atoms with van der Waals surface area (Å²) >= 11 is 0. The van der Waals surface area contributed by atoms with Crippen LogP contribution in [0.3, 0.4) is 0 Å². The molecule has 3 amide bonds. The highest BCUT2D eigenvalue weighted by molar-refractivity contribution is 5.99. The van der Waals surface area contributed by atoms with E-state index in [9.17, 15) is 14.4 Å². The summed E-state index contributed by atoms with van der Waals surface area (Å²) in [5.74, 6) is -0.848. The lowest BCUT2D eigenvalue weighted by Gasteiger charge is -2.35. The Morgan fingerprint density at radius 1 is 1.24 bits per heavy atom. The number of nitrogens with two attached hydrogens (primary N) is 1. The smallest absolute Gasteiger partial charge is 0.256 e. The van der Waals surface area contributed by atoms with Crippen LogP contribution in [0.1, 0.15) is 43.0 Å². The first-order valence-corrected chi connectivity index (χ1v) is 9.96. The van der Waals surface area contributed by atoms with Crippen molar-refractivity contribution >= 4 is 17.7 Å². The number of hydrogen-bond acceptors (Lipinski definition) is 4. The summed E-state index contributed by atoms with van der Waals surface area (Å²) in [6, 6.07) is 9.01. The minimum atomic E-state index is -0.686. The number of carbonyl (C=O) groups is 3. The van der Waals surface area contributed by atoms with Gasteiger partial charge >= 0.3 is 0 Å². The lowest BCUT2D eigenvalue weighted by atomic mass is 9.71. The third kappa shape index (κ3) is 3.08. The highest BCUT2D eigenvalue weighted by Gasteiger charge is 2.60. The van der Waals surface area contributed by atoms with E-state index in [4.69, 9.17) is 5.73 Å². The molecule has 3 heterocycles. The van der Waals surface area contributed by atoms with E-state index in [1.165, 1.54) is 0 Å². The lowest BCUT2D eigenvalue weighted by molar-refractivity contribution is -0.134. The molecule has 2 aliphatic heterocycles. The zero-order valence-corrected chi connectivity index (χ0v) is 16.4. The molecule has 2 bridgehead atoms. The summed E-state index contributed by atoms with van der Waals surface area (Å²) in [4.78, 5) is 39.6. The van der Waals surface area contributed by atoms with Gasteiger partial charge in [0.1, 0.15) is 0 Å². The van der Waals surface area contributed by atoms with Crippen LogP contribution >= 0.6 is 0 Å². The predicted molar refractivity (Wildman–Crippen MR) is 106 cm³/mol. The standard InChI is InChI=1S/C21H25N5O3/c1-2-21(20(29)23-13-18(22)27)12-14-8-9-17(21)26(14)19(28)15-6-3-4-7-16(15)25-11-5-10-24-25/h3-7,10-11,14,17H,2,8-9,12-13H2,1H3,(H2,22,27)(H,23,29)/t14-,17+,21+/m1/s1. The largest absolute Gasteiger partial charge is 0.368 e. The van der Waals surface area contributed by atoms with Crippen molar-refractivity contribution in [1.82, 2.24) is 20.0 Å². The van der Waals surface area contributed by atoms with Crippen molar-refractivity contribution in [3.8, 4) is 5.69 Å². The predicted octanol–water partition coefficient (Wildman–Crippen LogP) is 1.25. The third-order valence-electron chi connectivity index (χ3n) is 6.37. The summed E-state index contributed by atoms with van der Waals surface area (Å²) in [5, 5.41) is 6.93. The van der Waals surface area contributed by atoms with Crippen molar-refractivity contribution < 1.29 is 14.4 Å². The van der Waals surface area contributed by atoms with E-state index >= 15 is 0 Å². The number of aromatic nitrogens is 2. The number of carbonyl (C=O) groups excluding carboxylic acids is 3. The molecule has 4 rings (SSSR count). The molecule has 0 radical (unpaired) electrons. The first kappa shape index (κ1) is 19.2. The van der Waals surface area contributed by atoms with Gasteiger partial charge in [0.05, 0.1) is 23.2 Å². The van der Waals surface area contributed by atoms with E-state index < -0.39 is 11.3 Å². The topological polar surface area (TPSA) is 110 Å². The van der Waals surface area contributed by atoms with Crippen molar-refractivity contribution in [2.24, 2.45) is 11.1 Å². The van der Waals surface area contributed by atoms with Crippen LogP contribution in [0, 0.1) is 5.41 Å². The van der Waals surface area contributed by atoms with Gasteiger partial charge in [0.25, 0.3) is 5.91 Å². The number of benzene rings is 1. The van der Waals surface area contributed by atoms with Gasteiger partial charge in [0.2, 0.25) is 11.8 Å². The third-order valence-corrected chi connectivity index (χ3v) is 6.37. The van der Waals surface area contributed by atoms with E-state index in [0.717, 1.165) is 12.8 Å². The fraction of sp³-hybridized carbons (Fsp3) is 0.429. The number of amides is 3. The monoisotopic (exact) mass is 395 g/mol. The fourth-order valence-electron chi connectivity index (χ4n) is 5.02. The van der Waals surface area contributed by atoms with Crippen LogP contribution in [0.4, 0.5) is 0 Å². The number of primary amides is 1. The molecule has 8 heteroatoms. The van der Waals surface area contributed by atoms with Crippen LogP contribution in [-0.2, 0) is 9.59 Å². The zero-order chi connectivity index (χ0) is 20.6. The number of para-hydroxylation sites is 1. The van der Waals surface area contributed by atoms with Crippen molar-refractivity contribution in [2.45, 2.75) is 44.7 Å². The Morgan fingerprint density at radius 2 is 2.03 bits per heavy atom. The fourth-order valence-corrected chi connectivity index (χ4v) is 5.02. The summed E-state index contributed by atoms with van der Waals surface area (Å²) in [5.41, 5.74) is 5.79. The second-order valence-electron chi connectivity index (χ2n) is 7.79. The van der Waals surface area contributed by atoms with Crippen molar-refractivity contribution in [2.75, 3.05) is 6.54 Å². The van der Waals surface area contributed by atoms with Gasteiger partial charge in [-0.2, -0.15) is 5.10 Å². The van der Waals surface area contributed by atoms with Crippen LogP contribution in [0.15, 0.2) is 42.7 Å². The summed E-state index contributed by atoms with van der Waals surface area (Å²) in [6.07, 6.45) is 6.34. The molecule has 152 valence electrons. The molecule has 8 nitrogen and oxygen atoms in total. The summed E-state index contributed by atoms with van der Waals surface area (Å²) in [6.45, 7) is 1.78. The Bertz CT molecular complexity index is 942. The van der Waals surface area contributed by atoms with E-state index in [0.29, 0.717) is 24.1 Å². The zero-order valence-electron chi connectivity index (χ0n) is 16.4. The molecule has 3 N–H and O–H groups in total. The van der Waals surface area contributed by atoms with Crippen molar-refractivity contribution in [1.29, 1.82) is 0 Å². The highest BCUT2D eigenvalue weighted by atomic mass is 16.2. The van der Waals surface area contributed by atoms with Gasteiger partial charge in [-0.25, -0.2) is 4.68 Å². The van der Waals surface area contributed by atoms with Gasteiger partial charge in [-0.15, -0.1) is 0 Å². The normalized spacial score (nSPS) is 25.2. The summed E-state index contributed by atoms with van der Waals surface area (Å²) < 4.78 is 1.68. The minimum absolute atomic E-state index is 0.0115. The molecule has 2 aliphatic rings. The van der Waals surface area contributed by atoms with E-state index in [-0.39, 0.29) is 30.4 Å². The maximum absolute atomic E-state index is 13.6. The Morgan fingerprint density at radius 3 is 2.72 bits per heavy atom. The minimum Gasteiger partial charge on any atom is -0.368 e. The second kappa shape index (κ2) is 7.35. The molecule has 0 saturated carbocycles. The number of rotatable bonds is 6. The van der Waals surface area contributed by atoms with Gasteiger partial charge in [-0.1, -0.05) is 19.1 Å². The summed E-state index contributed by atoms with van der Waals surface area (Å²) in [7, 11) is 0. The molecule has 0 spiro atoms. The second-order valence-corrected chi connectivity index (χ2v) is 7.79. The molecule has 1 aromatic carbocycles. The molecule has 2 aromatic rings. The van der Waals surface area contributed by atoms with Crippen molar-refractivity contribution in [3.63, 3.8) is 0 Å². The van der Waals surface area contributed by atoms with Gasteiger partial charge < -0.3 is 16.0 Å². The SMILES string of the molecule is CC[C@]1(C(=O)NCC(N)=O)C[C@H]2CC[C@@H]1N2C(=O)c1ccccc1-n1cccn1. The molecular weight excluding hydrogens is 370 g/mol. The average molecular weight is 395 g/mol. The Balaban J connectivity index is 1.65. The van der Waals surface area contributed by atoms with Crippen LogP contribution < -0.4 is 11.1 Å². The maximum atomic E-state index is 13.6. The van der Waals surface area contributed by atoms with Crippen LogP contribution in [0.2, 0.25) is 0 Å². The van der Waals surface area contributed by atoms with E-state index in [2.05, 4.69) is 10.4 Å². The van der Waals surface area contributed by atoms with Crippen LogP contribution in [0.5, 0.6) is 0 Å². The molecule has 29 heavy (non-hydrogen) atoms. The Labute approximate surface area is 169 Å². The van der Waals surface area contributed by atoms with E-state index in [1.54, 1.807) is 23.1 Å². The van der Waals surface area contributed by atoms with Crippen molar-refractivity contribution in [3.05, 3.63) is 48.3 Å². The van der Waals surface area contributed by atoms with Crippen LogP contribution in [0.25, 0.3) is 5.69 Å². The molecule has 1 aromatic heterocycles. The Kier molecular flexibility index (Phi) is 4.86. The van der Waals surface area contributed by atoms with Gasteiger partial charge in [-0.3, -0.25) is 14.4 Å². The molecule has 2 saturated heterocycles. The first-order valence-electron chi connectivity index (χ1n) is 9.96. The molecule has 2 fully saturated rings. The molecular formula is C21H25N5O3. The number of fused-ring (bicyclic) bond motifs is 2. The van der Waals surface area contributed by atoms with Crippen LogP contribution in [-0.4, -0.2) is 51.0 Å². The molecule has 0 aliphatic carbocycles. The quantitative estimate of drug-likeness (QED) is 0.767. The first-order chi connectivity index (χ1) is 14.0. The number of nitrogens with one attached hydrogen (secondary N) is 1. The number of nitrogens with zero attached hydrogens (tertiary/aromatic N) is 3. The Hall–Kier alpha value is -3.16. The lowest BCUT2D eigenvalue weighted by Crippen LogP contribution is -2.51. The van der Waals surface area contributed by atoms with E-state index in [1.807, 2.05) is 36.1 Å². The van der Waals surface area contributed by atoms with Gasteiger partial charge in [0, 0.05) is 24.5 Å².